The van der Waals surface area contributed by atoms with Gasteiger partial charge in [0.15, 0.2) is 17.3 Å². The van der Waals surface area contributed by atoms with E-state index in [2.05, 4.69) is 10.3 Å². The number of nitrogens with one attached hydrogen (secondary N) is 1. The number of hydrogen-bond acceptors (Lipinski definition) is 6. The number of nitrogens with zero attached hydrogens (tertiary/aromatic N) is 2. The van der Waals surface area contributed by atoms with Crippen molar-refractivity contribution in [3.05, 3.63) is 66.1 Å². The molecule has 1 N–H and O–H groups in total. The van der Waals surface area contributed by atoms with E-state index in [1.807, 2.05) is 36.4 Å². The van der Waals surface area contributed by atoms with Gasteiger partial charge in [-0.25, -0.2) is 9.78 Å². The second-order valence-electron chi connectivity index (χ2n) is 5.46. The molecule has 1 atom stereocenters. The normalized spacial score (nSPS) is 11.5. The lowest BCUT2D eigenvalue weighted by molar-refractivity contribution is -0.118. The van der Waals surface area contributed by atoms with Crippen LogP contribution in [-0.2, 0) is 16.1 Å². The minimum Gasteiger partial charge on any atom is -0.445 e. The number of alkyl carbamates (subject to hydrolysis) is 1. The van der Waals surface area contributed by atoms with Crippen molar-refractivity contribution >= 4 is 23.0 Å². The maximum absolute atomic E-state index is 12.2. The fourth-order valence-corrected chi connectivity index (χ4v) is 2.31. The van der Waals surface area contributed by atoms with E-state index in [9.17, 15) is 14.9 Å². The van der Waals surface area contributed by atoms with E-state index in [1.54, 1.807) is 24.3 Å². The zero-order chi connectivity index (χ0) is 18.4. The SMILES string of the molecule is N#C[C@H](C(=O)CNC(=O)OCc1ccccc1)c1nc2ccccc2o1. The van der Waals surface area contributed by atoms with E-state index in [4.69, 9.17) is 9.15 Å². The molecule has 130 valence electrons. The molecule has 0 spiro atoms. The molecule has 0 unspecified atom stereocenters. The van der Waals surface area contributed by atoms with Gasteiger partial charge in [0.25, 0.3) is 0 Å². The van der Waals surface area contributed by atoms with Crippen molar-refractivity contribution in [2.24, 2.45) is 0 Å². The summed E-state index contributed by atoms with van der Waals surface area (Å²) in [5.41, 5.74) is 1.88. The van der Waals surface area contributed by atoms with E-state index in [0.717, 1.165) is 5.56 Å². The van der Waals surface area contributed by atoms with Gasteiger partial charge >= 0.3 is 6.09 Å². The van der Waals surface area contributed by atoms with E-state index in [-0.39, 0.29) is 19.0 Å². The van der Waals surface area contributed by atoms with Gasteiger partial charge in [-0.2, -0.15) is 5.26 Å². The van der Waals surface area contributed by atoms with Crippen molar-refractivity contribution in [2.45, 2.75) is 12.5 Å². The third-order valence-corrected chi connectivity index (χ3v) is 3.63. The molecule has 3 aromatic rings. The average Bonchev–Trinajstić information content (AvgIpc) is 3.09. The zero-order valence-corrected chi connectivity index (χ0v) is 13.7. The maximum Gasteiger partial charge on any atom is 0.407 e. The number of amides is 1. The van der Waals surface area contributed by atoms with Gasteiger partial charge in [0.05, 0.1) is 12.6 Å². The highest BCUT2D eigenvalue weighted by Gasteiger charge is 2.26. The van der Waals surface area contributed by atoms with E-state index in [0.29, 0.717) is 11.1 Å². The number of benzene rings is 2. The Hall–Kier alpha value is -3.66. The molecule has 7 nitrogen and oxygen atoms in total. The summed E-state index contributed by atoms with van der Waals surface area (Å²) in [6.07, 6.45) is -0.739. The number of ketones is 1. The van der Waals surface area contributed by atoms with Crippen molar-refractivity contribution in [1.82, 2.24) is 10.3 Å². The standard InChI is InChI=1S/C19H15N3O4/c20-10-14(18-22-15-8-4-5-9-17(15)26-18)16(23)11-21-19(24)25-12-13-6-2-1-3-7-13/h1-9,14H,11-12H2,(H,21,24)/t14-/m1/s1. The van der Waals surface area contributed by atoms with Crippen LogP contribution in [0.2, 0.25) is 0 Å². The van der Waals surface area contributed by atoms with E-state index < -0.39 is 17.8 Å². The number of carbonyl (C=O) groups excluding carboxylic acids is 2. The molecular weight excluding hydrogens is 334 g/mol. The highest BCUT2D eigenvalue weighted by molar-refractivity contribution is 5.91. The third kappa shape index (κ3) is 4.05. The fourth-order valence-electron chi connectivity index (χ4n) is 2.31. The summed E-state index contributed by atoms with van der Waals surface area (Å²) in [5, 5.41) is 11.6. The third-order valence-electron chi connectivity index (χ3n) is 3.63. The number of ether oxygens (including phenoxy) is 1. The molecule has 0 saturated heterocycles. The minimum absolute atomic E-state index is 0.0122. The molecule has 2 aromatic carbocycles. The summed E-state index contributed by atoms with van der Waals surface area (Å²) >= 11 is 0. The number of fused-ring (bicyclic) bond motifs is 1. The molecule has 0 aliphatic heterocycles. The van der Waals surface area contributed by atoms with Gasteiger partial charge in [0, 0.05) is 0 Å². The predicted octanol–water partition coefficient (Wildman–Crippen LogP) is 2.93. The molecule has 0 saturated carbocycles. The Bertz CT molecular complexity index is 927. The Labute approximate surface area is 149 Å². The topological polar surface area (TPSA) is 105 Å². The Balaban J connectivity index is 1.56. The van der Waals surface area contributed by atoms with E-state index >= 15 is 0 Å². The second-order valence-corrected chi connectivity index (χ2v) is 5.46. The number of Topliss-reactive ketones (excluding diaryl/α,β-unsaturated/α-hetero) is 1. The van der Waals surface area contributed by atoms with Gasteiger partial charge in [-0.15, -0.1) is 0 Å². The lowest BCUT2D eigenvalue weighted by Crippen LogP contribution is -2.32. The monoisotopic (exact) mass is 349 g/mol. The lowest BCUT2D eigenvalue weighted by atomic mass is 10.1. The van der Waals surface area contributed by atoms with Crippen LogP contribution in [0.4, 0.5) is 4.79 Å². The minimum atomic E-state index is -1.20. The fraction of sp³-hybridized carbons (Fsp3) is 0.158. The van der Waals surface area contributed by atoms with Gasteiger partial charge in [-0.05, 0) is 17.7 Å². The van der Waals surface area contributed by atoms with Gasteiger partial charge in [0.1, 0.15) is 12.1 Å². The molecular formula is C19H15N3O4. The molecule has 0 aliphatic carbocycles. The summed E-state index contributed by atoms with van der Waals surface area (Å²) in [5.74, 6) is -1.72. The summed E-state index contributed by atoms with van der Waals surface area (Å²) in [7, 11) is 0. The second kappa shape index (κ2) is 7.94. The number of para-hydroxylation sites is 2. The van der Waals surface area contributed by atoms with Gasteiger partial charge < -0.3 is 14.5 Å². The largest absolute Gasteiger partial charge is 0.445 e. The Morgan fingerprint density at radius 2 is 1.88 bits per heavy atom. The number of hydrogen-bond donors (Lipinski definition) is 1. The van der Waals surface area contributed by atoms with Crippen LogP contribution in [0.25, 0.3) is 11.1 Å². The lowest BCUT2D eigenvalue weighted by Gasteiger charge is -2.08. The van der Waals surface area contributed by atoms with Gasteiger partial charge in [-0.1, -0.05) is 42.5 Å². The molecule has 0 fully saturated rings. The van der Waals surface area contributed by atoms with Crippen molar-refractivity contribution in [3.63, 3.8) is 0 Å². The van der Waals surface area contributed by atoms with Crippen LogP contribution in [-0.4, -0.2) is 23.4 Å². The van der Waals surface area contributed by atoms with Crippen molar-refractivity contribution < 1.29 is 18.7 Å². The first-order chi connectivity index (χ1) is 12.7. The predicted molar refractivity (Wildman–Crippen MR) is 92.0 cm³/mol. The van der Waals surface area contributed by atoms with E-state index in [1.165, 1.54) is 0 Å². The van der Waals surface area contributed by atoms with Crippen molar-refractivity contribution in [2.75, 3.05) is 6.54 Å². The molecule has 0 bridgehead atoms. The number of rotatable bonds is 6. The van der Waals surface area contributed by atoms with Crippen LogP contribution < -0.4 is 5.32 Å². The Kier molecular flexibility index (Phi) is 5.25. The number of carbonyl (C=O) groups is 2. The Morgan fingerprint density at radius 1 is 1.15 bits per heavy atom. The highest BCUT2D eigenvalue weighted by Crippen LogP contribution is 2.21. The summed E-state index contributed by atoms with van der Waals surface area (Å²) in [6, 6.07) is 18.0. The summed E-state index contributed by atoms with van der Waals surface area (Å²) in [4.78, 5) is 28.1. The van der Waals surface area contributed by atoms with Crippen molar-refractivity contribution in [3.8, 4) is 6.07 Å². The van der Waals surface area contributed by atoms with Crippen LogP contribution in [0.3, 0.4) is 0 Å². The molecule has 26 heavy (non-hydrogen) atoms. The molecule has 7 heteroatoms. The Morgan fingerprint density at radius 3 is 2.62 bits per heavy atom. The quantitative estimate of drug-likeness (QED) is 0.733. The first kappa shape index (κ1) is 17.2. The van der Waals surface area contributed by atoms with Gasteiger partial charge in [-0.3, -0.25) is 4.79 Å². The molecule has 0 aliphatic rings. The van der Waals surface area contributed by atoms with Crippen LogP contribution >= 0.6 is 0 Å². The maximum atomic E-state index is 12.2. The van der Waals surface area contributed by atoms with Crippen LogP contribution in [0.15, 0.2) is 59.0 Å². The average molecular weight is 349 g/mol. The van der Waals surface area contributed by atoms with Crippen molar-refractivity contribution in [1.29, 1.82) is 5.26 Å². The molecule has 1 heterocycles. The first-order valence-corrected chi connectivity index (χ1v) is 7.89. The highest BCUT2D eigenvalue weighted by atomic mass is 16.5. The smallest absolute Gasteiger partial charge is 0.407 e. The number of nitriles is 1. The molecule has 3 rings (SSSR count). The summed E-state index contributed by atoms with van der Waals surface area (Å²) in [6.45, 7) is -0.266. The van der Waals surface area contributed by atoms with Crippen LogP contribution in [0.5, 0.6) is 0 Å². The number of oxazole rings is 1. The first-order valence-electron chi connectivity index (χ1n) is 7.89. The molecule has 1 aromatic heterocycles. The van der Waals surface area contributed by atoms with Crippen LogP contribution in [0.1, 0.15) is 17.4 Å². The molecule has 0 radical (unpaired) electrons. The summed E-state index contributed by atoms with van der Waals surface area (Å²) < 4.78 is 10.5. The molecule has 1 amide bonds. The van der Waals surface area contributed by atoms with Gasteiger partial charge in [0.2, 0.25) is 5.89 Å². The van der Waals surface area contributed by atoms with Crippen LogP contribution in [0, 0.1) is 11.3 Å². The zero-order valence-electron chi connectivity index (χ0n) is 13.7. The number of aromatic nitrogens is 1.